The Balaban J connectivity index is 1.91. The smallest absolute Gasteiger partial charge is 0.294 e. The maximum absolute atomic E-state index is 14.0. The molecule has 6 nitrogen and oxygen atoms in total. The van der Waals surface area contributed by atoms with Gasteiger partial charge in [0.15, 0.2) is 17.4 Å². The molecule has 1 aromatic heterocycles. The Labute approximate surface area is 192 Å². The molecule has 4 rings (SSSR count). The van der Waals surface area contributed by atoms with E-state index in [4.69, 9.17) is 4.74 Å². The molecule has 33 heavy (non-hydrogen) atoms. The van der Waals surface area contributed by atoms with Gasteiger partial charge >= 0.3 is 0 Å². The van der Waals surface area contributed by atoms with Crippen molar-refractivity contribution >= 4 is 28.7 Å². The number of aryl methyl sites for hydroxylation is 2. The first kappa shape index (κ1) is 22.6. The van der Waals surface area contributed by atoms with Crippen LogP contribution in [0.5, 0.6) is 5.75 Å². The van der Waals surface area contributed by atoms with E-state index >= 15 is 0 Å². The molecule has 1 atom stereocenters. The molecule has 9 heteroatoms. The van der Waals surface area contributed by atoms with E-state index < -0.39 is 35.1 Å². The van der Waals surface area contributed by atoms with Crippen LogP contribution in [0.2, 0.25) is 0 Å². The van der Waals surface area contributed by atoms with Crippen molar-refractivity contribution in [3.63, 3.8) is 0 Å². The first-order valence-electron chi connectivity index (χ1n) is 10.2. The van der Waals surface area contributed by atoms with Gasteiger partial charge < -0.3 is 9.84 Å². The lowest BCUT2D eigenvalue weighted by Gasteiger charge is -2.27. The number of nitrogens with zero attached hydrogens (tertiary/aromatic N) is 2. The number of amides is 1. The summed E-state index contributed by atoms with van der Waals surface area (Å²) >= 11 is 1.15. The summed E-state index contributed by atoms with van der Waals surface area (Å²) in [6, 6.07) is 8.60. The van der Waals surface area contributed by atoms with Crippen LogP contribution in [0.1, 0.15) is 38.9 Å². The number of Topliss-reactive ketones (excluding diaryl/α,β-unsaturated/α-hetero) is 1. The van der Waals surface area contributed by atoms with Crippen molar-refractivity contribution in [2.45, 2.75) is 26.8 Å². The first-order chi connectivity index (χ1) is 15.7. The number of aliphatic hydroxyl groups is 1. The van der Waals surface area contributed by atoms with E-state index in [0.717, 1.165) is 28.4 Å². The van der Waals surface area contributed by atoms with Gasteiger partial charge in [-0.2, -0.15) is 0 Å². The molecule has 1 amide bonds. The highest BCUT2D eigenvalue weighted by Gasteiger charge is 2.45. The molecule has 2 heterocycles. The number of ketones is 1. The Morgan fingerprint density at radius 2 is 1.94 bits per heavy atom. The van der Waals surface area contributed by atoms with E-state index in [2.05, 4.69) is 4.98 Å². The molecular weight excluding hydrogens is 450 g/mol. The highest BCUT2D eigenvalue weighted by molar-refractivity contribution is 7.14. The lowest BCUT2D eigenvalue weighted by molar-refractivity contribution is -0.117. The number of halogens is 2. The van der Waals surface area contributed by atoms with Crippen LogP contribution in [0.3, 0.4) is 0 Å². The Hall–Kier alpha value is -3.59. The number of carbonyl (C=O) groups is 2. The van der Waals surface area contributed by atoms with Crippen LogP contribution in [-0.4, -0.2) is 28.4 Å². The van der Waals surface area contributed by atoms with Crippen molar-refractivity contribution in [1.29, 1.82) is 0 Å². The minimum Gasteiger partial charge on any atom is -0.503 e. The number of benzene rings is 2. The summed E-state index contributed by atoms with van der Waals surface area (Å²) in [6.07, 6.45) is 0. The van der Waals surface area contributed by atoms with Gasteiger partial charge in [0, 0.05) is 11.8 Å². The number of aliphatic hydroxyl groups excluding tert-OH is 1. The van der Waals surface area contributed by atoms with Crippen molar-refractivity contribution in [1.82, 2.24) is 4.98 Å². The van der Waals surface area contributed by atoms with Gasteiger partial charge in [-0.1, -0.05) is 12.1 Å². The predicted octanol–water partition coefficient (Wildman–Crippen LogP) is 5.22. The van der Waals surface area contributed by atoms with Gasteiger partial charge in [-0.3, -0.25) is 14.5 Å². The minimum atomic E-state index is -1.16. The summed E-state index contributed by atoms with van der Waals surface area (Å²) in [5, 5.41) is 11.5. The summed E-state index contributed by atoms with van der Waals surface area (Å²) in [7, 11) is 0. The maximum Gasteiger partial charge on any atom is 0.294 e. The largest absolute Gasteiger partial charge is 0.503 e. The number of hydrogen-bond acceptors (Lipinski definition) is 6. The van der Waals surface area contributed by atoms with Gasteiger partial charge in [0.1, 0.15) is 5.75 Å². The Kier molecular flexibility index (Phi) is 5.99. The fourth-order valence-corrected chi connectivity index (χ4v) is 4.73. The highest BCUT2D eigenvalue weighted by Crippen LogP contribution is 2.43. The Morgan fingerprint density at radius 3 is 2.58 bits per heavy atom. The van der Waals surface area contributed by atoms with Crippen LogP contribution < -0.4 is 9.64 Å². The van der Waals surface area contributed by atoms with Crippen LogP contribution in [0, 0.1) is 25.5 Å². The van der Waals surface area contributed by atoms with Gasteiger partial charge in [-0.15, -0.1) is 11.3 Å². The SMILES string of the molecule is CCOc1cccc(C2C(C(=O)c3sc(C)nc3C)=C(O)C(=O)N2c2ccc(F)c(F)c2)c1. The molecule has 170 valence electrons. The van der Waals surface area contributed by atoms with E-state index in [9.17, 15) is 23.5 Å². The minimum absolute atomic E-state index is 0.00253. The standard InChI is InChI=1S/C24H20F2N2O4S/c1-4-32-16-7-5-6-14(10-16)20-19(21(29)23-12(2)27-13(3)33-23)22(30)24(31)28(20)15-8-9-17(25)18(26)11-15/h5-11,20,30H,4H2,1-3H3. The zero-order valence-corrected chi connectivity index (χ0v) is 18.9. The molecule has 0 bridgehead atoms. The topological polar surface area (TPSA) is 79.7 Å². The Bertz CT molecular complexity index is 1300. The van der Waals surface area contributed by atoms with Gasteiger partial charge in [0.05, 0.1) is 33.8 Å². The number of rotatable bonds is 6. The molecule has 1 aliphatic rings. The summed E-state index contributed by atoms with van der Waals surface area (Å²) in [4.78, 5) is 32.3. The lowest BCUT2D eigenvalue weighted by atomic mass is 9.94. The van der Waals surface area contributed by atoms with Crippen LogP contribution in [0.4, 0.5) is 14.5 Å². The second-order valence-corrected chi connectivity index (χ2v) is 8.62. The van der Waals surface area contributed by atoms with E-state index in [1.807, 2.05) is 6.92 Å². The average molecular weight is 470 g/mol. The molecule has 2 aromatic carbocycles. The van der Waals surface area contributed by atoms with E-state index in [1.165, 1.54) is 6.07 Å². The van der Waals surface area contributed by atoms with Crippen molar-refractivity contribution < 1.29 is 28.2 Å². The van der Waals surface area contributed by atoms with Gasteiger partial charge in [0.25, 0.3) is 5.91 Å². The summed E-state index contributed by atoms with van der Waals surface area (Å²) in [5.41, 5.74) is 0.774. The molecule has 1 aliphatic heterocycles. The lowest BCUT2D eigenvalue weighted by Crippen LogP contribution is -2.31. The summed E-state index contributed by atoms with van der Waals surface area (Å²) in [5.74, 6) is -3.94. The number of aromatic nitrogens is 1. The fourth-order valence-electron chi connectivity index (χ4n) is 3.86. The Morgan fingerprint density at radius 1 is 1.18 bits per heavy atom. The predicted molar refractivity (Wildman–Crippen MR) is 120 cm³/mol. The van der Waals surface area contributed by atoms with Crippen LogP contribution in [0.15, 0.2) is 53.8 Å². The van der Waals surface area contributed by atoms with Crippen molar-refractivity contribution in [3.05, 3.63) is 86.6 Å². The molecule has 3 aromatic rings. The van der Waals surface area contributed by atoms with Crippen LogP contribution >= 0.6 is 11.3 Å². The third kappa shape index (κ3) is 4.00. The molecule has 1 N–H and O–H groups in total. The summed E-state index contributed by atoms with van der Waals surface area (Å²) in [6.45, 7) is 5.63. The molecule has 0 saturated carbocycles. The quantitative estimate of drug-likeness (QED) is 0.500. The molecule has 0 spiro atoms. The molecule has 0 aliphatic carbocycles. The molecule has 0 radical (unpaired) electrons. The second kappa shape index (κ2) is 8.74. The van der Waals surface area contributed by atoms with E-state index in [1.54, 1.807) is 38.1 Å². The molecule has 0 saturated heterocycles. The van der Waals surface area contributed by atoms with Crippen LogP contribution in [-0.2, 0) is 4.79 Å². The maximum atomic E-state index is 14.0. The number of hydrogen-bond donors (Lipinski definition) is 1. The zero-order valence-electron chi connectivity index (χ0n) is 18.1. The average Bonchev–Trinajstić information content (AvgIpc) is 3.25. The normalized spacial score (nSPS) is 16.0. The highest BCUT2D eigenvalue weighted by atomic mass is 32.1. The first-order valence-corrected chi connectivity index (χ1v) is 11.0. The van der Waals surface area contributed by atoms with E-state index in [-0.39, 0.29) is 11.3 Å². The number of anilines is 1. The number of carbonyl (C=O) groups excluding carboxylic acids is 2. The third-order valence-electron chi connectivity index (χ3n) is 5.23. The van der Waals surface area contributed by atoms with Gasteiger partial charge in [0.2, 0.25) is 5.78 Å². The molecule has 1 unspecified atom stereocenters. The molecule has 0 fully saturated rings. The fraction of sp³-hybridized carbons (Fsp3) is 0.208. The molecular formula is C24H20F2N2O4S. The second-order valence-electron chi connectivity index (χ2n) is 7.42. The zero-order chi connectivity index (χ0) is 23.9. The number of thiazole rings is 1. The van der Waals surface area contributed by atoms with Crippen molar-refractivity contribution in [2.24, 2.45) is 0 Å². The summed E-state index contributed by atoms with van der Waals surface area (Å²) < 4.78 is 33.2. The van der Waals surface area contributed by atoms with E-state index in [0.29, 0.717) is 33.5 Å². The van der Waals surface area contributed by atoms with Gasteiger partial charge in [-0.25, -0.2) is 13.8 Å². The van der Waals surface area contributed by atoms with Crippen molar-refractivity contribution in [3.8, 4) is 5.75 Å². The number of ether oxygens (including phenoxy) is 1. The van der Waals surface area contributed by atoms with Crippen molar-refractivity contribution in [2.75, 3.05) is 11.5 Å². The van der Waals surface area contributed by atoms with Crippen LogP contribution in [0.25, 0.3) is 0 Å². The third-order valence-corrected chi connectivity index (χ3v) is 6.30. The monoisotopic (exact) mass is 470 g/mol. The van der Waals surface area contributed by atoms with Gasteiger partial charge in [-0.05, 0) is 50.6 Å².